The molecule has 0 heterocycles. The smallest absolute Gasteiger partial charge is 0.264 e. The van der Waals surface area contributed by atoms with E-state index in [1.807, 2.05) is 6.92 Å². The van der Waals surface area contributed by atoms with Gasteiger partial charge in [-0.3, -0.25) is 13.9 Å². The molecule has 0 bridgehead atoms. The van der Waals surface area contributed by atoms with Crippen LogP contribution in [0.15, 0.2) is 77.7 Å². The minimum absolute atomic E-state index is 0.0224. The first kappa shape index (κ1) is 30.5. The Hall–Kier alpha value is -3.07. The first-order chi connectivity index (χ1) is 18.6. The zero-order valence-electron chi connectivity index (χ0n) is 22.2. The maximum absolute atomic E-state index is 14.0. The van der Waals surface area contributed by atoms with Crippen molar-refractivity contribution in [3.05, 3.63) is 94.0 Å². The number of nitrogens with one attached hydrogen (secondary N) is 1. The van der Waals surface area contributed by atoms with E-state index in [2.05, 4.69) is 5.32 Å². The summed E-state index contributed by atoms with van der Waals surface area (Å²) in [5.41, 5.74) is 1.42. The Morgan fingerprint density at radius 3 is 2.23 bits per heavy atom. The van der Waals surface area contributed by atoms with Gasteiger partial charge >= 0.3 is 0 Å². The van der Waals surface area contributed by atoms with Gasteiger partial charge in [0.05, 0.1) is 10.6 Å². The molecule has 208 valence electrons. The lowest BCUT2D eigenvalue weighted by molar-refractivity contribution is -0.139. The Morgan fingerprint density at radius 1 is 0.923 bits per heavy atom. The molecule has 0 radical (unpaired) electrons. The number of carbonyl (C=O) groups is 2. The Bertz CT molecular complexity index is 1400. The summed E-state index contributed by atoms with van der Waals surface area (Å²) < 4.78 is 28.8. The standard InChI is InChI=1S/C29H33Cl2N3O4S/c1-4-5-18-32-29(36)22(3)33(19-23-12-9-10-15-26(23)31)28(35)20-34(27-17-11-16-25(30)21(27)2)39(37,38)24-13-7-6-8-14-24/h6-17,22H,4-5,18-20H2,1-3H3,(H,32,36)/t22-/m1/s1. The quantitative estimate of drug-likeness (QED) is 0.269. The zero-order valence-corrected chi connectivity index (χ0v) is 24.6. The van der Waals surface area contributed by atoms with Crippen molar-refractivity contribution in [1.29, 1.82) is 0 Å². The number of hydrogen-bond acceptors (Lipinski definition) is 4. The molecule has 3 aromatic carbocycles. The average molecular weight is 591 g/mol. The lowest BCUT2D eigenvalue weighted by Gasteiger charge is -2.32. The number of carbonyl (C=O) groups excluding carboxylic acids is 2. The summed E-state index contributed by atoms with van der Waals surface area (Å²) in [7, 11) is -4.17. The van der Waals surface area contributed by atoms with Gasteiger partial charge in [-0.05, 0) is 61.7 Å². The number of amides is 2. The number of rotatable bonds is 12. The van der Waals surface area contributed by atoms with Crippen LogP contribution in [0, 0.1) is 6.92 Å². The van der Waals surface area contributed by atoms with E-state index < -0.39 is 28.5 Å². The summed E-state index contributed by atoms with van der Waals surface area (Å²) in [5.74, 6) is -0.896. The van der Waals surface area contributed by atoms with E-state index in [-0.39, 0.29) is 23.0 Å². The molecule has 39 heavy (non-hydrogen) atoms. The number of sulfonamides is 1. The molecule has 0 spiro atoms. The average Bonchev–Trinajstić information content (AvgIpc) is 2.93. The number of benzene rings is 3. The SMILES string of the molecule is CCCCNC(=O)[C@@H](C)N(Cc1ccccc1Cl)C(=O)CN(c1cccc(Cl)c1C)S(=O)(=O)c1ccccc1. The number of anilines is 1. The van der Waals surface area contributed by atoms with Crippen molar-refractivity contribution >= 4 is 50.7 Å². The summed E-state index contributed by atoms with van der Waals surface area (Å²) in [6, 6.07) is 18.9. The zero-order chi connectivity index (χ0) is 28.6. The number of halogens is 2. The largest absolute Gasteiger partial charge is 0.354 e. The maximum atomic E-state index is 14.0. The second kappa shape index (κ2) is 13.8. The van der Waals surface area contributed by atoms with Gasteiger partial charge in [-0.15, -0.1) is 0 Å². The van der Waals surface area contributed by atoms with Gasteiger partial charge in [0.1, 0.15) is 12.6 Å². The van der Waals surface area contributed by atoms with Gasteiger partial charge in [0.2, 0.25) is 11.8 Å². The van der Waals surface area contributed by atoms with E-state index in [1.165, 1.54) is 17.0 Å². The number of hydrogen-bond donors (Lipinski definition) is 1. The van der Waals surface area contributed by atoms with Crippen LogP contribution < -0.4 is 9.62 Å². The molecular weight excluding hydrogens is 557 g/mol. The topological polar surface area (TPSA) is 86.8 Å². The number of unbranched alkanes of at least 4 members (excludes halogenated alkanes) is 1. The molecule has 0 aromatic heterocycles. The van der Waals surface area contributed by atoms with Crippen molar-refractivity contribution in [2.24, 2.45) is 0 Å². The van der Waals surface area contributed by atoms with Crippen LogP contribution in [-0.2, 0) is 26.2 Å². The van der Waals surface area contributed by atoms with Gasteiger partial charge in [-0.25, -0.2) is 8.42 Å². The van der Waals surface area contributed by atoms with E-state index in [0.717, 1.165) is 17.1 Å². The fourth-order valence-electron chi connectivity index (χ4n) is 4.03. The molecule has 3 aromatic rings. The van der Waals surface area contributed by atoms with Gasteiger partial charge in [-0.2, -0.15) is 0 Å². The third-order valence-electron chi connectivity index (χ3n) is 6.41. The molecule has 0 aliphatic rings. The van der Waals surface area contributed by atoms with E-state index in [9.17, 15) is 18.0 Å². The van der Waals surface area contributed by atoms with Gasteiger partial charge in [0.25, 0.3) is 10.0 Å². The first-order valence-corrected chi connectivity index (χ1v) is 14.9. The second-order valence-electron chi connectivity index (χ2n) is 9.14. The van der Waals surface area contributed by atoms with Crippen LogP contribution in [0.3, 0.4) is 0 Å². The Labute approximate surface area is 240 Å². The lowest BCUT2D eigenvalue weighted by Crippen LogP contribution is -2.51. The first-order valence-electron chi connectivity index (χ1n) is 12.7. The van der Waals surface area contributed by atoms with Gasteiger partial charge < -0.3 is 10.2 Å². The highest BCUT2D eigenvalue weighted by atomic mass is 35.5. The third kappa shape index (κ3) is 7.53. The Kier molecular flexibility index (Phi) is 10.8. The summed E-state index contributed by atoms with van der Waals surface area (Å²) in [6.07, 6.45) is 1.70. The van der Waals surface area contributed by atoms with Crippen LogP contribution in [0.4, 0.5) is 5.69 Å². The van der Waals surface area contributed by atoms with E-state index in [1.54, 1.807) is 74.5 Å². The molecule has 0 fully saturated rings. The molecule has 7 nitrogen and oxygen atoms in total. The van der Waals surface area contributed by atoms with Gasteiger partial charge in [-0.1, -0.05) is 79.0 Å². The second-order valence-corrected chi connectivity index (χ2v) is 11.8. The van der Waals surface area contributed by atoms with Crippen molar-refractivity contribution in [3.8, 4) is 0 Å². The van der Waals surface area contributed by atoms with Gasteiger partial charge in [0, 0.05) is 23.1 Å². The third-order valence-corrected chi connectivity index (χ3v) is 8.97. The molecule has 3 rings (SSSR count). The fourth-order valence-corrected chi connectivity index (χ4v) is 5.89. The lowest BCUT2D eigenvalue weighted by atomic mass is 10.1. The summed E-state index contributed by atoms with van der Waals surface area (Å²) >= 11 is 12.7. The minimum atomic E-state index is -4.17. The highest BCUT2D eigenvalue weighted by molar-refractivity contribution is 7.92. The van der Waals surface area contributed by atoms with E-state index in [4.69, 9.17) is 23.2 Å². The summed E-state index contributed by atoms with van der Waals surface area (Å²) in [6.45, 7) is 5.29. The van der Waals surface area contributed by atoms with Crippen LogP contribution in [-0.4, -0.2) is 44.3 Å². The normalized spacial score (nSPS) is 12.0. The highest BCUT2D eigenvalue weighted by Crippen LogP contribution is 2.31. The van der Waals surface area contributed by atoms with Crippen molar-refractivity contribution in [3.63, 3.8) is 0 Å². The number of nitrogens with zero attached hydrogens (tertiary/aromatic N) is 2. The van der Waals surface area contributed by atoms with Crippen molar-refractivity contribution in [1.82, 2.24) is 10.2 Å². The van der Waals surface area contributed by atoms with E-state index in [0.29, 0.717) is 27.7 Å². The molecule has 10 heteroatoms. The molecule has 1 atom stereocenters. The summed E-state index contributed by atoms with van der Waals surface area (Å²) in [4.78, 5) is 28.4. The molecule has 1 N–H and O–H groups in total. The molecule has 0 aliphatic carbocycles. The van der Waals surface area contributed by atoms with Gasteiger partial charge in [0.15, 0.2) is 0 Å². The van der Waals surface area contributed by atoms with E-state index >= 15 is 0 Å². The van der Waals surface area contributed by atoms with Crippen LogP contribution in [0.2, 0.25) is 10.0 Å². The molecule has 0 saturated carbocycles. The predicted octanol–water partition coefficient (Wildman–Crippen LogP) is 5.83. The Morgan fingerprint density at radius 2 is 1.56 bits per heavy atom. The molecule has 0 unspecified atom stereocenters. The Balaban J connectivity index is 2.04. The molecular formula is C29H33Cl2N3O4S. The van der Waals surface area contributed by atoms with Crippen LogP contribution >= 0.6 is 23.2 Å². The predicted molar refractivity (Wildman–Crippen MR) is 157 cm³/mol. The monoisotopic (exact) mass is 589 g/mol. The molecule has 2 amide bonds. The molecule has 0 saturated heterocycles. The molecule has 0 aliphatic heterocycles. The fraction of sp³-hybridized carbons (Fsp3) is 0.310. The maximum Gasteiger partial charge on any atom is 0.264 e. The van der Waals surface area contributed by atoms with Crippen molar-refractivity contribution < 1.29 is 18.0 Å². The van der Waals surface area contributed by atoms with Crippen molar-refractivity contribution in [2.45, 2.75) is 51.1 Å². The van der Waals surface area contributed by atoms with Crippen molar-refractivity contribution in [2.75, 3.05) is 17.4 Å². The van der Waals surface area contributed by atoms with Crippen LogP contribution in [0.5, 0.6) is 0 Å². The highest BCUT2D eigenvalue weighted by Gasteiger charge is 2.33. The van der Waals surface area contributed by atoms with Crippen LogP contribution in [0.1, 0.15) is 37.8 Å². The summed E-state index contributed by atoms with van der Waals surface area (Å²) in [5, 5.41) is 3.67. The minimum Gasteiger partial charge on any atom is -0.354 e. The van der Waals surface area contributed by atoms with Crippen LogP contribution in [0.25, 0.3) is 0 Å².